The summed E-state index contributed by atoms with van der Waals surface area (Å²) in [5.74, 6) is 4.52. The monoisotopic (exact) mass is 764 g/mol. The van der Waals surface area contributed by atoms with Crippen molar-refractivity contribution in [3.8, 4) is 56.8 Å². The number of hydrogen-bond acceptors (Lipinski definition) is 5. The Morgan fingerprint density at radius 2 is 1.02 bits per heavy atom. The molecule has 1 aliphatic rings. The third-order valence-electron chi connectivity index (χ3n) is 10.6. The molecule has 59 heavy (non-hydrogen) atoms. The number of ether oxygens (including phenoxy) is 1. The minimum atomic E-state index is -0.223. The Kier molecular flexibility index (Phi) is 10.1. The maximum absolute atomic E-state index is 6.48. The average molecular weight is 765 g/mol. The van der Waals surface area contributed by atoms with Crippen LogP contribution in [0, 0.1) is 0 Å². The highest BCUT2D eigenvalue weighted by Gasteiger charge is 2.34. The Bertz CT molecular complexity index is 2870. The van der Waals surface area contributed by atoms with E-state index in [0.717, 1.165) is 67.1 Å². The van der Waals surface area contributed by atoms with Gasteiger partial charge in [-0.2, -0.15) is 0 Å². The van der Waals surface area contributed by atoms with Crippen molar-refractivity contribution >= 4 is 18.4 Å². The van der Waals surface area contributed by atoms with Gasteiger partial charge in [-0.15, -0.1) is 0 Å². The number of para-hydroxylation sites is 1. The van der Waals surface area contributed by atoms with Crippen LogP contribution in [-0.2, 0) is 12.0 Å². The van der Waals surface area contributed by atoms with Crippen molar-refractivity contribution in [3.63, 3.8) is 0 Å². The molecular weight excluding hydrogens is 725 g/mol. The third-order valence-corrected chi connectivity index (χ3v) is 10.6. The Labute approximate surface area is 344 Å². The lowest BCUT2D eigenvalue weighted by atomic mass is 9.75. The Hall–Kier alpha value is -7.64. The quantitative estimate of drug-likeness (QED) is 0.114. The molecule has 0 amide bonds. The molecule has 0 atom stereocenters. The molecule has 0 bridgehead atoms. The summed E-state index contributed by atoms with van der Waals surface area (Å²) < 4.78 is 6.48. The van der Waals surface area contributed by atoms with E-state index < -0.39 is 0 Å². The second-order valence-electron chi connectivity index (χ2n) is 14.9. The first kappa shape index (κ1) is 37.0. The van der Waals surface area contributed by atoms with E-state index in [0.29, 0.717) is 35.7 Å². The van der Waals surface area contributed by atoms with Crippen LogP contribution in [0.2, 0.25) is 0 Å². The fourth-order valence-corrected chi connectivity index (χ4v) is 7.46. The fraction of sp³-hybridized carbons (Fsp3) is 0.0769. The molecule has 0 saturated heterocycles. The zero-order valence-corrected chi connectivity index (χ0v) is 32.8. The van der Waals surface area contributed by atoms with Crippen LogP contribution in [0.25, 0.3) is 45.3 Å². The van der Waals surface area contributed by atoms with Gasteiger partial charge in [-0.05, 0) is 47.7 Å². The molecule has 0 N–H and O–H groups in total. The SMILES string of the molecule is C=N/C(=N\C(=N/Cc1cccc(-c2cccc(-c3nc(-c4ccccc4)nc(-c4ccc5c(c4)Oc4ccccc4C5(C)C)n3)c2)c1)c1ccccc1)c1ccccc1. The number of nitrogens with zero attached hydrogens (tertiary/aromatic N) is 6. The molecule has 7 nitrogen and oxygen atoms in total. The van der Waals surface area contributed by atoms with Crippen LogP contribution in [-0.4, -0.2) is 33.3 Å². The number of hydrogen-bond donors (Lipinski definition) is 0. The largest absolute Gasteiger partial charge is 0.457 e. The Morgan fingerprint density at radius 3 is 1.71 bits per heavy atom. The third kappa shape index (κ3) is 7.74. The minimum absolute atomic E-state index is 0.223. The van der Waals surface area contributed by atoms with Gasteiger partial charge >= 0.3 is 0 Å². The van der Waals surface area contributed by atoms with E-state index in [1.54, 1.807) is 0 Å². The highest BCUT2D eigenvalue weighted by Crippen LogP contribution is 2.48. The molecule has 7 heteroatoms. The van der Waals surface area contributed by atoms with Crippen LogP contribution in [0.4, 0.5) is 0 Å². The van der Waals surface area contributed by atoms with Crippen LogP contribution in [0.5, 0.6) is 11.5 Å². The van der Waals surface area contributed by atoms with Gasteiger partial charge in [0.2, 0.25) is 0 Å². The lowest BCUT2D eigenvalue weighted by Crippen LogP contribution is -2.24. The zero-order chi connectivity index (χ0) is 40.2. The predicted molar refractivity (Wildman–Crippen MR) is 239 cm³/mol. The van der Waals surface area contributed by atoms with Crippen molar-refractivity contribution < 1.29 is 4.74 Å². The van der Waals surface area contributed by atoms with E-state index in [2.05, 4.69) is 92.3 Å². The molecule has 1 aromatic heterocycles. The topological polar surface area (TPSA) is 85.0 Å². The van der Waals surface area contributed by atoms with E-state index in [-0.39, 0.29) is 5.41 Å². The van der Waals surface area contributed by atoms with Gasteiger partial charge in [0.15, 0.2) is 29.1 Å². The Morgan fingerprint density at radius 1 is 0.492 bits per heavy atom. The highest BCUT2D eigenvalue weighted by atomic mass is 16.5. The summed E-state index contributed by atoms with van der Waals surface area (Å²) in [6, 6.07) is 61.1. The summed E-state index contributed by atoms with van der Waals surface area (Å²) >= 11 is 0. The molecule has 0 unspecified atom stereocenters. The standard InChI is InChI=1S/C52H40N6O/c1-52(2)43-27-13-14-28-45(43)59-46-33-42(29-30-44(46)52)51-57-49(38-22-11-6-12-23-38)56-50(58-51)41-26-16-25-40(32-41)39-24-15-17-35(31-39)34-54-48(37-20-9-5-10-21-37)55-47(53-3)36-18-7-4-8-19-36/h4-33H,3,34H2,1-2H3/b54-48-,55-47-. The number of aliphatic imine (C=N–C) groups is 3. The predicted octanol–water partition coefficient (Wildman–Crippen LogP) is 12.1. The minimum Gasteiger partial charge on any atom is -0.457 e. The van der Waals surface area contributed by atoms with E-state index in [9.17, 15) is 0 Å². The molecule has 1 aliphatic heterocycles. The summed E-state index contributed by atoms with van der Waals surface area (Å²) in [6.45, 7) is 8.68. The average Bonchev–Trinajstić information content (AvgIpc) is 3.30. The molecule has 0 saturated carbocycles. The zero-order valence-electron chi connectivity index (χ0n) is 32.8. The molecule has 0 aliphatic carbocycles. The van der Waals surface area contributed by atoms with Gasteiger partial charge in [0.25, 0.3) is 0 Å². The highest BCUT2D eigenvalue weighted by molar-refractivity contribution is 6.12. The van der Waals surface area contributed by atoms with Crippen molar-refractivity contribution in [3.05, 3.63) is 210 Å². The van der Waals surface area contributed by atoms with Crippen LogP contribution in [0.1, 0.15) is 41.7 Å². The molecule has 8 aromatic rings. The molecule has 7 aromatic carbocycles. The van der Waals surface area contributed by atoms with Crippen molar-refractivity contribution in [1.82, 2.24) is 15.0 Å². The first-order valence-corrected chi connectivity index (χ1v) is 19.6. The molecule has 0 spiro atoms. The van der Waals surface area contributed by atoms with Crippen molar-refractivity contribution in [2.45, 2.75) is 25.8 Å². The summed E-state index contributed by atoms with van der Waals surface area (Å²) in [7, 11) is 0. The fourth-order valence-electron chi connectivity index (χ4n) is 7.46. The van der Waals surface area contributed by atoms with Gasteiger partial charge in [-0.25, -0.2) is 24.9 Å². The van der Waals surface area contributed by atoms with E-state index in [4.69, 9.17) is 29.7 Å². The maximum atomic E-state index is 6.48. The number of amidine groups is 2. The first-order valence-electron chi connectivity index (χ1n) is 19.6. The molecule has 284 valence electrons. The lowest BCUT2D eigenvalue weighted by Gasteiger charge is -2.34. The van der Waals surface area contributed by atoms with Crippen LogP contribution < -0.4 is 4.74 Å². The molecule has 9 rings (SSSR count). The van der Waals surface area contributed by atoms with Crippen LogP contribution in [0.15, 0.2) is 197 Å². The van der Waals surface area contributed by atoms with E-state index >= 15 is 0 Å². The van der Waals surface area contributed by atoms with Gasteiger partial charge in [0, 0.05) is 44.4 Å². The smallest absolute Gasteiger partial charge is 0.164 e. The van der Waals surface area contributed by atoms with Gasteiger partial charge in [0.05, 0.1) is 6.54 Å². The van der Waals surface area contributed by atoms with Gasteiger partial charge in [-0.1, -0.05) is 172 Å². The van der Waals surface area contributed by atoms with Crippen LogP contribution in [0.3, 0.4) is 0 Å². The van der Waals surface area contributed by atoms with Crippen molar-refractivity contribution in [1.29, 1.82) is 0 Å². The maximum Gasteiger partial charge on any atom is 0.164 e. The molecule has 2 heterocycles. The number of benzene rings is 7. The summed E-state index contributed by atoms with van der Waals surface area (Å²) in [5.41, 5.74) is 9.59. The lowest BCUT2D eigenvalue weighted by molar-refractivity contribution is 0.418. The van der Waals surface area contributed by atoms with E-state index in [1.165, 1.54) is 0 Å². The molecular formula is C52H40N6O. The summed E-state index contributed by atoms with van der Waals surface area (Å²) in [4.78, 5) is 29.3. The van der Waals surface area contributed by atoms with Gasteiger partial charge in [0.1, 0.15) is 11.5 Å². The summed E-state index contributed by atoms with van der Waals surface area (Å²) in [5, 5.41) is 0. The second kappa shape index (κ2) is 16.1. The van der Waals surface area contributed by atoms with Gasteiger partial charge < -0.3 is 4.74 Å². The second-order valence-corrected chi connectivity index (χ2v) is 14.9. The Balaban J connectivity index is 1.06. The first-order chi connectivity index (χ1) is 28.9. The number of aromatic nitrogens is 3. The number of fused-ring (bicyclic) bond motifs is 2. The molecule has 0 fully saturated rings. The van der Waals surface area contributed by atoms with Crippen LogP contribution >= 0.6 is 0 Å². The van der Waals surface area contributed by atoms with Crippen molar-refractivity contribution in [2.75, 3.05) is 0 Å². The van der Waals surface area contributed by atoms with Crippen molar-refractivity contribution in [2.24, 2.45) is 15.0 Å². The van der Waals surface area contributed by atoms with Gasteiger partial charge in [-0.3, -0.25) is 4.99 Å². The molecule has 0 radical (unpaired) electrons. The normalized spacial score (nSPS) is 13.2. The number of rotatable bonds is 8. The van der Waals surface area contributed by atoms with E-state index in [1.807, 2.05) is 115 Å². The summed E-state index contributed by atoms with van der Waals surface area (Å²) in [6.07, 6.45) is 0.